The molecule has 1 fully saturated rings. The summed E-state index contributed by atoms with van der Waals surface area (Å²) < 4.78 is 29.9. The first-order chi connectivity index (χ1) is 18.2. The molecule has 0 spiro atoms. The summed E-state index contributed by atoms with van der Waals surface area (Å²) in [6, 6.07) is 13.9. The predicted molar refractivity (Wildman–Crippen MR) is 146 cm³/mol. The van der Waals surface area contributed by atoms with Gasteiger partial charge in [-0.3, -0.25) is 9.36 Å². The molecular weight excluding hydrogens is 500 g/mol. The summed E-state index contributed by atoms with van der Waals surface area (Å²) in [6.45, 7) is 2.46. The average molecular weight is 533 g/mol. The molecule has 198 valence electrons. The van der Waals surface area contributed by atoms with Gasteiger partial charge in [-0.25, -0.2) is 4.72 Å². The van der Waals surface area contributed by atoms with E-state index in [2.05, 4.69) is 42.6 Å². The van der Waals surface area contributed by atoms with Gasteiger partial charge in [0.15, 0.2) is 5.82 Å². The number of hydrogen-bond donors (Lipinski definition) is 1. The number of benzene rings is 2. The number of aryl methyl sites for hydroxylation is 1. The molecule has 1 aromatic heterocycles. The van der Waals surface area contributed by atoms with E-state index >= 15 is 0 Å². The van der Waals surface area contributed by atoms with Crippen LogP contribution < -0.4 is 9.62 Å². The first kappa shape index (κ1) is 24.8. The molecule has 1 aliphatic carbocycles. The molecular formula is C28H32N6O3S. The average Bonchev–Trinajstić information content (AvgIpc) is 3.19. The predicted octanol–water partition coefficient (Wildman–Crippen LogP) is 3.98. The fraction of sp³-hybridized carbons (Fsp3) is 0.393. The maximum absolute atomic E-state index is 13.0. The first-order valence-electron chi connectivity index (χ1n) is 13.1. The Morgan fingerprint density at radius 1 is 1.03 bits per heavy atom. The normalized spacial score (nSPS) is 17.4. The van der Waals surface area contributed by atoms with Gasteiger partial charge in [-0.2, -0.15) is 12.7 Å². The summed E-state index contributed by atoms with van der Waals surface area (Å²) >= 11 is 0. The Hall–Kier alpha value is -3.50. The van der Waals surface area contributed by atoms with E-state index in [1.807, 2.05) is 25.1 Å². The number of anilines is 1. The topological polar surface area (TPSA) is 100 Å². The van der Waals surface area contributed by atoms with Crippen molar-refractivity contribution in [3.8, 4) is 5.69 Å². The third-order valence-electron chi connectivity index (χ3n) is 7.99. The molecule has 0 bridgehead atoms. The molecule has 6 rings (SSSR count). The molecule has 0 radical (unpaired) electrons. The Labute approximate surface area is 223 Å². The summed E-state index contributed by atoms with van der Waals surface area (Å²) in [5.74, 6) is 1.50. The number of carbonyl (C=O) groups excluding carboxylic acids is 1. The SMILES string of the molecule is Cc1nnc2n1-c1ccccc1C1=C(C3CCCCC3)Cc3ccc(C(=O)NS(=O)(=O)N(C)C)cc3N1C2. The number of aromatic nitrogens is 3. The quantitative estimate of drug-likeness (QED) is 0.546. The van der Waals surface area contributed by atoms with Crippen LogP contribution in [-0.4, -0.2) is 47.5 Å². The Morgan fingerprint density at radius 2 is 1.79 bits per heavy atom. The standard InChI is InChI=1S/C28H32N6O3S/c1-18-29-30-26-17-33-25-16-21(28(35)31-38(36,37)32(2)3)14-13-20(25)15-23(19-9-5-4-6-10-19)27(33)22-11-7-8-12-24(22)34(18)26/h7-8,11-14,16,19H,4-6,9-10,15,17H2,1-3H3,(H,31,35). The van der Waals surface area contributed by atoms with E-state index in [4.69, 9.17) is 0 Å². The van der Waals surface area contributed by atoms with Gasteiger partial charge >= 0.3 is 10.2 Å². The molecule has 1 amide bonds. The highest BCUT2D eigenvalue weighted by molar-refractivity contribution is 7.87. The van der Waals surface area contributed by atoms with Gasteiger partial charge in [0.1, 0.15) is 5.82 Å². The highest BCUT2D eigenvalue weighted by atomic mass is 32.2. The lowest BCUT2D eigenvalue weighted by Crippen LogP contribution is -2.39. The molecule has 3 aromatic rings. The number of allylic oxidation sites excluding steroid dienone is 1. The van der Waals surface area contributed by atoms with Gasteiger partial charge in [0.2, 0.25) is 0 Å². The fourth-order valence-corrected chi connectivity index (χ4v) is 6.59. The Balaban J connectivity index is 1.53. The van der Waals surface area contributed by atoms with E-state index in [1.165, 1.54) is 57.5 Å². The van der Waals surface area contributed by atoms with Crippen LogP contribution in [0.2, 0.25) is 0 Å². The molecule has 2 aromatic carbocycles. The monoisotopic (exact) mass is 532 g/mol. The molecule has 0 saturated heterocycles. The molecule has 0 atom stereocenters. The smallest absolute Gasteiger partial charge is 0.303 e. The summed E-state index contributed by atoms with van der Waals surface area (Å²) in [5, 5.41) is 8.91. The summed E-state index contributed by atoms with van der Waals surface area (Å²) in [5.41, 5.74) is 7.14. The van der Waals surface area contributed by atoms with Gasteiger partial charge in [-0.1, -0.05) is 43.5 Å². The number of fused-ring (bicyclic) bond motifs is 7. The number of carbonyl (C=O) groups is 1. The minimum absolute atomic E-state index is 0.296. The fourth-order valence-electron chi connectivity index (χ4n) is 6.06. The van der Waals surface area contributed by atoms with Crippen molar-refractivity contribution in [2.75, 3.05) is 19.0 Å². The Morgan fingerprint density at radius 3 is 2.55 bits per heavy atom. The largest absolute Gasteiger partial charge is 0.333 e. The Kier molecular flexibility index (Phi) is 6.11. The number of rotatable bonds is 4. The number of nitrogens with one attached hydrogen (secondary N) is 1. The van der Waals surface area contributed by atoms with Crippen molar-refractivity contribution in [1.29, 1.82) is 0 Å². The van der Waals surface area contributed by atoms with Crippen LogP contribution in [-0.2, 0) is 23.2 Å². The van der Waals surface area contributed by atoms with Crippen molar-refractivity contribution in [1.82, 2.24) is 23.8 Å². The van der Waals surface area contributed by atoms with E-state index in [0.717, 1.165) is 44.9 Å². The lowest BCUT2D eigenvalue weighted by atomic mass is 9.77. The van der Waals surface area contributed by atoms with Crippen molar-refractivity contribution in [2.45, 2.75) is 52.0 Å². The van der Waals surface area contributed by atoms with Gasteiger partial charge in [0.25, 0.3) is 5.91 Å². The van der Waals surface area contributed by atoms with Gasteiger partial charge in [0, 0.05) is 30.9 Å². The van der Waals surface area contributed by atoms with E-state index in [-0.39, 0.29) is 0 Å². The highest BCUT2D eigenvalue weighted by Gasteiger charge is 2.36. The lowest BCUT2D eigenvalue weighted by Gasteiger charge is -2.38. The van der Waals surface area contributed by atoms with Gasteiger partial charge in [-0.05, 0) is 61.4 Å². The van der Waals surface area contributed by atoms with E-state index in [0.29, 0.717) is 18.0 Å². The van der Waals surface area contributed by atoms with Crippen LogP contribution in [0, 0.1) is 12.8 Å². The zero-order chi connectivity index (χ0) is 26.6. The number of nitrogens with zero attached hydrogens (tertiary/aromatic N) is 5. The molecule has 9 nitrogen and oxygen atoms in total. The van der Waals surface area contributed by atoms with Gasteiger partial charge in [0.05, 0.1) is 17.9 Å². The zero-order valence-electron chi connectivity index (χ0n) is 21.9. The van der Waals surface area contributed by atoms with Crippen LogP contribution in [0.3, 0.4) is 0 Å². The van der Waals surface area contributed by atoms with E-state index in [9.17, 15) is 13.2 Å². The second-order valence-corrected chi connectivity index (χ2v) is 12.4. The zero-order valence-corrected chi connectivity index (χ0v) is 22.8. The summed E-state index contributed by atoms with van der Waals surface area (Å²) in [6.07, 6.45) is 6.92. The molecule has 10 heteroatoms. The van der Waals surface area contributed by atoms with E-state index < -0.39 is 16.1 Å². The van der Waals surface area contributed by atoms with Crippen molar-refractivity contribution in [2.24, 2.45) is 5.92 Å². The Bertz CT molecular complexity index is 1570. The molecule has 3 heterocycles. The first-order valence-corrected chi connectivity index (χ1v) is 14.6. The molecule has 0 unspecified atom stereocenters. The number of para-hydroxylation sites is 1. The van der Waals surface area contributed by atoms with Crippen LogP contribution in [0.5, 0.6) is 0 Å². The van der Waals surface area contributed by atoms with Crippen LogP contribution in [0.25, 0.3) is 11.4 Å². The summed E-state index contributed by atoms with van der Waals surface area (Å²) in [4.78, 5) is 15.3. The van der Waals surface area contributed by atoms with Gasteiger partial charge in [-0.15, -0.1) is 10.2 Å². The lowest BCUT2D eigenvalue weighted by molar-refractivity contribution is 0.0979. The number of hydrogen-bond acceptors (Lipinski definition) is 6. The third kappa shape index (κ3) is 4.12. The van der Waals surface area contributed by atoms with Crippen molar-refractivity contribution < 1.29 is 13.2 Å². The summed E-state index contributed by atoms with van der Waals surface area (Å²) in [7, 11) is -1.13. The minimum atomic E-state index is -3.91. The molecule has 1 saturated carbocycles. The van der Waals surface area contributed by atoms with Crippen molar-refractivity contribution in [3.05, 3.63) is 76.4 Å². The maximum Gasteiger partial charge on any atom is 0.303 e. The van der Waals surface area contributed by atoms with Crippen molar-refractivity contribution >= 4 is 27.5 Å². The minimum Gasteiger partial charge on any atom is -0.333 e. The second kappa shape index (κ2) is 9.36. The number of amides is 1. The molecule has 3 aliphatic rings. The third-order valence-corrected chi connectivity index (χ3v) is 9.39. The van der Waals surface area contributed by atoms with E-state index in [1.54, 1.807) is 6.07 Å². The van der Waals surface area contributed by atoms with Crippen LogP contribution >= 0.6 is 0 Å². The van der Waals surface area contributed by atoms with Gasteiger partial charge < -0.3 is 4.90 Å². The van der Waals surface area contributed by atoms with Crippen LogP contribution in [0.1, 0.15) is 65.2 Å². The van der Waals surface area contributed by atoms with Crippen molar-refractivity contribution in [3.63, 3.8) is 0 Å². The molecule has 1 N–H and O–H groups in total. The van der Waals surface area contributed by atoms with Crippen LogP contribution in [0.4, 0.5) is 5.69 Å². The second-order valence-electron chi connectivity index (χ2n) is 10.5. The van der Waals surface area contributed by atoms with Crippen LogP contribution in [0.15, 0.2) is 48.0 Å². The molecule has 2 aliphatic heterocycles. The highest BCUT2D eigenvalue weighted by Crippen LogP contribution is 2.47. The maximum atomic E-state index is 13.0. The molecule has 38 heavy (non-hydrogen) atoms.